The fraction of sp³-hybridized carbons (Fsp3) is 0.148. The summed E-state index contributed by atoms with van der Waals surface area (Å²) in [5.41, 5.74) is 6.11. The molecule has 0 atom stereocenters. The maximum atomic E-state index is 13.4. The summed E-state index contributed by atoms with van der Waals surface area (Å²) in [6.45, 7) is 6.04. The Morgan fingerprint density at radius 1 is 0.906 bits per heavy atom. The first kappa shape index (κ1) is 21.2. The molecule has 0 radical (unpaired) electrons. The molecule has 4 rings (SSSR count). The number of hydrogen-bond donors (Lipinski definition) is 1. The van der Waals surface area contributed by atoms with Crippen LogP contribution >= 0.6 is 0 Å². The first-order valence-corrected chi connectivity index (χ1v) is 10.5. The van der Waals surface area contributed by atoms with Gasteiger partial charge in [0.25, 0.3) is 5.91 Å². The molecular weight excluding hydrogens is 400 g/mol. The monoisotopic (exact) mass is 424 g/mol. The van der Waals surface area contributed by atoms with Crippen LogP contribution in [0.25, 0.3) is 22.2 Å². The number of fused-ring (bicyclic) bond motifs is 1. The van der Waals surface area contributed by atoms with Gasteiger partial charge in [-0.3, -0.25) is 4.79 Å². The number of aryl methyl sites for hydroxylation is 1. The molecule has 1 N–H and O–H groups in total. The lowest BCUT2D eigenvalue weighted by atomic mass is 9.96. The molecule has 1 aromatic heterocycles. The predicted octanol–water partition coefficient (Wildman–Crippen LogP) is 5.95. The van der Waals surface area contributed by atoms with Gasteiger partial charge in [-0.2, -0.15) is 0 Å². The molecule has 0 aliphatic rings. The van der Waals surface area contributed by atoms with Crippen LogP contribution in [0.2, 0.25) is 0 Å². The van der Waals surface area contributed by atoms with Crippen molar-refractivity contribution in [3.05, 3.63) is 95.1 Å². The second-order valence-corrected chi connectivity index (χ2v) is 7.60. The fourth-order valence-corrected chi connectivity index (χ4v) is 3.69. The maximum absolute atomic E-state index is 13.4. The Morgan fingerprint density at radius 2 is 1.59 bits per heavy atom. The second-order valence-electron chi connectivity index (χ2n) is 7.60. The molecular formula is C27H24N2O3. The highest BCUT2D eigenvalue weighted by atomic mass is 16.5. The normalized spacial score (nSPS) is 10.7. The van der Waals surface area contributed by atoms with Gasteiger partial charge >= 0.3 is 5.97 Å². The predicted molar refractivity (Wildman–Crippen MR) is 127 cm³/mol. The van der Waals surface area contributed by atoms with Crippen molar-refractivity contribution in [2.45, 2.75) is 20.8 Å². The van der Waals surface area contributed by atoms with E-state index in [2.05, 4.69) is 5.32 Å². The summed E-state index contributed by atoms with van der Waals surface area (Å²) >= 11 is 0. The van der Waals surface area contributed by atoms with Gasteiger partial charge in [0.15, 0.2) is 0 Å². The zero-order chi connectivity index (χ0) is 22.7. The van der Waals surface area contributed by atoms with Gasteiger partial charge in [-0.25, -0.2) is 9.78 Å². The third kappa shape index (κ3) is 4.23. The Morgan fingerprint density at radius 3 is 2.28 bits per heavy atom. The van der Waals surface area contributed by atoms with E-state index in [-0.39, 0.29) is 11.9 Å². The Hall–Kier alpha value is -3.99. The highest BCUT2D eigenvalue weighted by Gasteiger charge is 2.19. The van der Waals surface area contributed by atoms with Gasteiger partial charge in [0.2, 0.25) is 0 Å². The molecule has 1 heterocycles. The number of nitrogens with zero attached hydrogens (tertiary/aromatic N) is 1. The lowest BCUT2D eigenvalue weighted by Gasteiger charge is -2.15. The van der Waals surface area contributed by atoms with Crippen LogP contribution in [0.3, 0.4) is 0 Å². The number of benzene rings is 3. The molecule has 0 aliphatic carbocycles. The summed E-state index contributed by atoms with van der Waals surface area (Å²) in [5.74, 6) is -0.609. The molecule has 5 nitrogen and oxygen atoms in total. The first-order chi connectivity index (χ1) is 15.5. The minimum absolute atomic E-state index is 0.224. The van der Waals surface area contributed by atoms with E-state index in [1.165, 1.54) is 0 Å². The van der Waals surface area contributed by atoms with Crippen molar-refractivity contribution >= 4 is 28.5 Å². The topological polar surface area (TPSA) is 68.3 Å². The van der Waals surface area contributed by atoms with Gasteiger partial charge < -0.3 is 10.1 Å². The minimum Gasteiger partial charge on any atom is -0.462 e. The van der Waals surface area contributed by atoms with Gasteiger partial charge in [0, 0.05) is 16.6 Å². The number of pyridine rings is 1. The Bertz CT molecular complexity index is 1290. The highest BCUT2D eigenvalue weighted by molar-refractivity contribution is 6.14. The average molecular weight is 425 g/mol. The molecule has 0 unspecified atom stereocenters. The third-order valence-electron chi connectivity index (χ3n) is 5.34. The number of ether oxygens (including phenoxy) is 1. The van der Waals surface area contributed by atoms with Crippen LogP contribution < -0.4 is 5.32 Å². The van der Waals surface area contributed by atoms with Crippen molar-refractivity contribution in [3.63, 3.8) is 0 Å². The van der Waals surface area contributed by atoms with Crippen molar-refractivity contribution in [1.29, 1.82) is 0 Å². The van der Waals surface area contributed by atoms with Crippen LogP contribution in [0.1, 0.15) is 38.8 Å². The largest absolute Gasteiger partial charge is 0.462 e. The Labute approximate surface area is 187 Å². The number of nitrogens with one attached hydrogen (secondary N) is 1. The van der Waals surface area contributed by atoms with E-state index in [4.69, 9.17) is 9.72 Å². The molecule has 0 saturated heterocycles. The van der Waals surface area contributed by atoms with Crippen molar-refractivity contribution in [2.75, 3.05) is 11.9 Å². The summed E-state index contributed by atoms with van der Waals surface area (Å²) in [6.07, 6.45) is 0. The minimum atomic E-state index is -0.385. The van der Waals surface area contributed by atoms with Crippen molar-refractivity contribution in [1.82, 2.24) is 4.98 Å². The lowest BCUT2D eigenvalue weighted by Crippen LogP contribution is -2.15. The second kappa shape index (κ2) is 9.02. The summed E-state index contributed by atoms with van der Waals surface area (Å²) in [6, 6.07) is 22.4. The number of para-hydroxylation sites is 1. The van der Waals surface area contributed by atoms with E-state index in [0.29, 0.717) is 23.4 Å². The van der Waals surface area contributed by atoms with Crippen LogP contribution in [0.5, 0.6) is 0 Å². The molecule has 0 aliphatic heterocycles. The number of aromatic nitrogens is 1. The van der Waals surface area contributed by atoms with Crippen LogP contribution in [0.15, 0.2) is 72.8 Å². The van der Waals surface area contributed by atoms with Crippen LogP contribution in [0.4, 0.5) is 5.69 Å². The van der Waals surface area contributed by atoms with Gasteiger partial charge in [-0.1, -0.05) is 48.0 Å². The summed E-state index contributed by atoms with van der Waals surface area (Å²) in [5, 5.41) is 3.75. The number of anilines is 1. The van der Waals surface area contributed by atoms with E-state index in [9.17, 15) is 9.59 Å². The number of amides is 1. The van der Waals surface area contributed by atoms with E-state index >= 15 is 0 Å². The molecule has 1 amide bonds. The molecule has 0 saturated carbocycles. The molecule has 4 aromatic rings. The molecule has 0 bridgehead atoms. The van der Waals surface area contributed by atoms with E-state index in [1.807, 2.05) is 62.4 Å². The van der Waals surface area contributed by atoms with Gasteiger partial charge in [0.05, 0.1) is 28.9 Å². The van der Waals surface area contributed by atoms with Gasteiger partial charge in [0.1, 0.15) is 0 Å². The number of carbonyl (C=O) groups excluding carboxylic acids is 2. The average Bonchev–Trinajstić information content (AvgIpc) is 2.80. The third-order valence-corrected chi connectivity index (χ3v) is 5.34. The lowest BCUT2D eigenvalue weighted by molar-refractivity contribution is 0.0526. The zero-order valence-electron chi connectivity index (χ0n) is 18.3. The van der Waals surface area contributed by atoms with Crippen LogP contribution in [-0.4, -0.2) is 23.5 Å². The van der Waals surface area contributed by atoms with E-state index in [0.717, 1.165) is 33.3 Å². The summed E-state index contributed by atoms with van der Waals surface area (Å²) in [7, 11) is 0. The maximum Gasteiger partial charge on any atom is 0.338 e. The summed E-state index contributed by atoms with van der Waals surface area (Å²) in [4.78, 5) is 30.1. The standard InChI is InChI=1S/C27H24N2O3/c1-4-32-27(31)20-13-15-21(16-14-20)28-26(30)24-18(3)25(19-11-9-17(2)10-12-19)29-23-8-6-5-7-22(23)24/h5-16H,4H2,1-3H3,(H,28,30). The van der Waals surface area contributed by atoms with Crippen molar-refractivity contribution in [3.8, 4) is 11.3 Å². The molecule has 0 fully saturated rings. The van der Waals surface area contributed by atoms with E-state index in [1.54, 1.807) is 31.2 Å². The van der Waals surface area contributed by atoms with Gasteiger partial charge in [-0.05, 0) is 56.7 Å². The highest BCUT2D eigenvalue weighted by Crippen LogP contribution is 2.30. The number of carbonyl (C=O) groups is 2. The smallest absolute Gasteiger partial charge is 0.338 e. The van der Waals surface area contributed by atoms with Crippen molar-refractivity contribution < 1.29 is 14.3 Å². The summed E-state index contributed by atoms with van der Waals surface area (Å²) < 4.78 is 5.01. The molecule has 160 valence electrons. The van der Waals surface area contributed by atoms with Crippen molar-refractivity contribution in [2.24, 2.45) is 0 Å². The Balaban J connectivity index is 1.73. The number of hydrogen-bond acceptors (Lipinski definition) is 4. The zero-order valence-corrected chi connectivity index (χ0v) is 18.3. The molecule has 3 aromatic carbocycles. The number of esters is 1. The quantitative estimate of drug-likeness (QED) is 0.402. The molecule has 5 heteroatoms. The SMILES string of the molecule is CCOC(=O)c1ccc(NC(=O)c2c(C)c(-c3ccc(C)cc3)nc3ccccc23)cc1. The molecule has 0 spiro atoms. The Kier molecular flexibility index (Phi) is 5.99. The number of rotatable bonds is 5. The van der Waals surface area contributed by atoms with Crippen LogP contribution in [0, 0.1) is 13.8 Å². The van der Waals surface area contributed by atoms with Crippen LogP contribution in [-0.2, 0) is 4.74 Å². The van der Waals surface area contributed by atoms with Gasteiger partial charge in [-0.15, -0.1) is 0 Å². The van der Waals surface area contributed by atoms with E-state index < -0.39 is 0 Å². The fourth-order valence-electron chi connectivity index (χ4n) is 3.69. The molecule has 32 heavy (non-hydrogen) atoms. The first-order valence-electron chi connectivity index (χ1n) is 10.5.